The van der Waals surface area contributed by atoms with Crippen molar-refractivity contribution in [1.29, 1.82) is 5.26 Å². The summed E-state index contributed by atoms with van der Waals surface area (Å²) in [5.74, 6) is 0. The van der Waals surface area contributed by atoms with Gasteiger partial charge in [0, 0.05) is 32.0 Å². The molecule has 2 rings (SSSR count). The molecular weight excluding hydrogens is 270 g/mol. The predicted molar refractivity (Wildman–Crippen MR) is 84.3 cm³/mol. The number of anilines is 2. The molecule has 1 N–H and O–H groups in total. The Hall–Kier alpha value is -2.18. The molecule has 0 aliphatic heterocycles. The highest BCUT2D eigenvalue weighted by molar-refractivity contribution is 6.31. The van der Waals surface area contributed by atoms with Crippen LogP contribution in [0.4, 0.5) is 11.4 Å². The van der Waals surface area contributed by atoms with Gasteiger partial charge in [0.1, 0.15) is 6.07 Å². The molecule has 2 aromatic rings. The standard InChI is InChI=1S/C16H16ClN3/c1-20(2)15-6-3-12(4-7-15)11-19-14-5-8-16(17)13(9-14)10-18/h3-9,19H,11H2,1-2H3. The molecule has 0 aliphatic carbocycles. The highest BCUT2D eigenvalue weighted by Crippen LogP contribution is 2.20. The summed E-state index contributed by atoms with van der Waals surface area (Å²) in [6.45, 7) is 0.709. The number of nitriles is 1. The van der Waals surface area contributed by atoms with Gasteiger partial charge in [0.15, 0.2) is 0 Å². The van der Waals surface area contributed by atoms with Crippen molar-refractivity contribution in [3.8, 4) is 6.07 Å². The van der Waals surface area contributed by atoms with Gasteiger partial charge in [-0.1, -0.05) is 23.7 Å². The van der Waals surface area contributed by atoms with Crippen LogP contribution in [-0.4, -0.2) is 14.1 Å². The first-order valence-electron chi connectivity index (χ1n) is 6.30. The zero-order chi connectivity index (χ0) is 14.5. The molecule has 0 amide bonds. The predicted octanol–water partition coefficient (Wildman–Crippen LogP) is 3.89. The number of rotatable bonds is 4. The second kappa shape index (κ2) is 6.31. The van der Waals surface area contributed by atoms with Crippen molar-refractivity contribution in [3.63, 3.8) is 0 Å². The van der Waals surface area contributed by atoms with Crippen LogP contribution in [-0.2, 0) is 6.54 Å². The molecule has 0 heterocycles. The molecule has 102 valence electrons. The highest BCUT2D eigenvalue weighted by atomic mass is 35.5. The number of benzene rings is 2. The molecule has 0 saturated carbocycles. The van der Waals surface area contributed by atoms with Crippen LogP contribution in [0.5, 0.6) is 0 Å². The average molecular weight is 286 g/mol. The van der Waals surface area contributed by atoms with Gasteiger partial charge in [-0.15, -0.1) is 0 Å². The Morgan fingerprint density at radius 3 is 2.45 bits per heavy atom. The maximum atomic E-state index is 8.94. The molecule has 0 spiro atoms. The summed E-state index contributed by atoms with van der Waals surface area (Å²) >= 11 is 5.91. The number of hydrogen-bond donors (Lipinski definition) is 1. The fourth-order valence-corrected chi connectivity index (χ4v) is 2.00. The van der Waals surface area contributed by atoms with Crippen molar-refractivity contribution >= 4 is 23.0 Å². The molecule has 20 heavy (non-hydrogen) atoms. The third-order valence-corrected chi connectivity index (χ3v) is 3.37. The van der Waals surface area contributed by atoms with E-state index in [1.807, 2.05) is 20.2 Å². The van der Waals surface area contributed by atoms with Gasteiger partial charge in [0.2, 0.25) is 0 Å². The minimum Gasteiger partial charge on any atom is -0.381 e. The first-order valence-corrected chi connectivity index (χ1v) is 6.68. The monoisotopic (exact) mass is 285 g/mol. The molecule has 0 unspecified atom stereocenters. The molecular formula is C16H16ClN3. The lowest BCUT2D eigenvalue weighted by molar-refractivity contribution is 1.11. The van der Waals surface area contributed by atoms with Crippen molar-refractivity contribution < 1.29 is 0 Å². The Bertz CT molecular complexity index is 627. The van der Waals surface area contributed by atoms with E-state index in [0.29, 0.717) is 17.1 Å². The molecule has 4 heteroatoms. The van der Waals surface area contributed by atoms with Crippen molar-refractivity contribution in [3.05, 3.63) is 58.6 Å². The molecule has 0 radical (unpaired) electrons. The third kappa shape index (κ3) is 3.43. The van der Waals surface area contributed by atoms with E-state index in [2.05, 4.69) is 40.6 Å². The fraction of sp³-hybridized carbons (Fsp3) is 0.188. The summed E-state index contributed by atoms with van der Waals surface area (Å²) in [6.07, 6.45) is 0. The molecule has 0 saturated heterocycles. The van der Waals surface area contributed by atoms with E-state index in [-0.39, 0.29) is 0 Å². The van der Waals surface area contributed by atoms with Crippen LogP contribution in [0.1, 0.15) is 11.1 Å². The van der Waals surface area contributed by atoms with Crippen molar-refractivity contribution in [2.75, 3.05) is 24.3 Å². The summed E-state index contributed by atoms with van der Waals surface area (Å²) in [7, 11) is 4.04. The molecule has 0 bridgehead atoms. The van der Waals surface area contributed by atoms with Gasteiger partial charge in [0.05, 0.1) is 10.6 Å². The SMILES string of the molecule is CN(C)c1ccc(CNc2ccc(Cl)c(C#N)c2)cc1. The second-order valence-electron chi connectivity index (χ2n) is 4.72. The van der Waals surface area contributed by atoms with Crippen LogP contribution in [0.25, 0.3) is 0 Å². The number of nitrogens with one attached hydrogen (secondary N) is 1. The normalized spacial score (nSPS) is 9.90. The number of halogens is 1. The fourth-order valence-electron chi connectivity index (χ4n) is 1.84. The van der Waals surface area contributed by atoms with Crippen LogP contribution in [0.15, 0.2) is 42.5 Å². The lowest BCUT2D eigenvalue weighted by Gasteiger charge is -2.13. The number of nitrogens with zero attached hydrogens (tertiary/aromatic N) is 2. The highest BCUT2D eigenvalue weighted by Gasteiger charge is 2.01. The van der Waals surface area contributed by atoms with Gasteiger partial charge < -0.3 is 10.2 Å². The minimum absolute atomic E-state index is 0.480. The van der Waals surface area contributed by atoms with Crippen molar-refractivity contribution in [2.45, 2.75) is 6.54 Å². The smallest absolute Gasteiger partial charge is 0.101 e. The van der Waals surface area contributed by atoms with Crippen LogP contribution >= 0.6 is 11.6 Å². The van der Waals surface area contributed by atoms with E-state index in [0.717, 1.165) is 5.69 Å². The Morgan fingerprint density at radius 1 is 1.15 bits per heavy atom. The molecule has 3 nitrogen and oxygen atoms in total. The van der Waals surface area contributed by atoms with E-state index in [1.165, 1.54) is 11.3 Å². The maximum Gasteiger partial charge on any atom is 0.101 e. The van der Waals surface area contributed by atoms with Crippen LogP contribution in [0, 0.1) is 11.3 Å². The van der Waals surface area contributed by atoms with Crippen LogP contribution in [0.3, 0.4) is 0 Å². The van der Waals surface area contributed by atoms with Gasteiger partial charge in [-0.2, -0.15) is 5.26 Å². The van der Waals surface area contributed by atoms with E-state index in [4.69, 9.17) is 16.9 Å². The van der Waals surface area contributed by atoms with E-state index in [1.54, 1.807) is 12.1 Å². The largest absolute Gasteiger partial charge is 0.381 e. The topological polar surface area (TPSA) is 39.1 Å². The Labute approximate surface area is 124 Å². The van der Waals surface area contributed by atoms with Gasteiger partial charge in [-0.05, 0) is 35.9 Å². The molecule has 0 aromatic heterocycles. The molecule has 0 aliphatic rings. The van der Waals surface area contributed by atoms with Crippen LogP contribution < -0.4 is 10.2 Å². The first kappa shape index (κ1) is 14.2. The molecule has 0 fully saturated rings. The maximum absolute atomic E-state index is 8.94. The zero-order valence-electron chi connectivity index (χ0n) is 11.5. The van der Waals surface area contributed by atoms with Crippen molar-refractivity contribution in [1.82, 2.24) is 0 Å². The van der Waals surface area contributed by atoms with E-state index < -0.39 is 0 Å². The number of hydrogen-bond acceptors (Lipinski definition) is 3. The summed E-state index contributed by atoms with van der Waals surface area (Å²) in [6, 6.07) is 15.8. The van der Waals surface area contributed by atoms with Gasteiger partial charge in [-0.3, -0.25) is 0 Å². The summed E-state index contributed by atoms with van der Waals surface area (Å²) < 4.78 is 0. The van der Waals surface area contributed by atoms with E-state index in [9.17, 15) is 0 Å². The second-order valence-corrected chi connectivity index (χ2v) is 5.13. The molecule has 0 atom stereocenters. The Balaban J connectivity index is 2.03. The quantitative estimate of drug-likeness (QED) is 0.926. The van der Waals surface area contributed by atoms with Gasteiger partial charge in [-0.25, -0.2) is 0 Å². The van der Waals surface area contributed by atoms with Gasteiger partial charge in [0.25, 0.3) is 0 Å². The van der Waals surface area contributed by atoms with E-state index >= 15 is 0 Å². The zero-order valence-corrected chi connectivity index (χ0v) is 12.3. The van der Waals surface area contributed by atoms with Gasteiger partial charge >= 0.3 is 0 Å². The first-order chi connectivity index (χ1) is 9.60. The summed E-state index contributed by atoms with van der Waals surface area (Å²) in [5.41, 5.74) is 3.73. The summed E-state index contributed by atoms with van der Waals surface area (Å²) in [5, 5.41) is 12.7. The molecule has 2 aromatic carbocycles. The Kier molecular flexibility index (Phi) is 4.49. The lowest BCUT2D eigenvalue weighted by Crippen LogP contribution is -2.08. The summed E-state index contributed by atoms with van der Waals surface area (Å²) in [4.78, 5) is 2.07. The van der Waals surface area contributed by atoms with Crippen LogP contribution in [0.2, 0.25) is 5.02 Å². The Morgan fingerprint density at radius 2 is 1.85 bits per heavy atom. The lowest BCUT2D eigenvalue weighted by atomic mass is 10.1. The van der Waals surface area contributed by atoms with Crippen molar-refractivity contribution in [2.24, 2.45) is 0 Å². The average Bonchev–Trinajstić information content (AvgIpc) is 2.46. The third-order valence-electron chi connectivity index (χ3n) is 3.04. The minimum atomic E-state index is 0.480.